The van der Waals surface area contributed by atoms with Crippen molar-refractivity contribution in [1.29, 1.82) is 0 Å². The zero-order valence-electron chi connectivity index (χ0n) is 11.5. The summed E-state index contributed by atoms with van der Waals surface area (Å²) in [7, 11) is 1.64. The Kier molecular flexibility index (Phi) is 6.01. The number of hydrogen-bond acceptors (Lipinski definition) is 6. The molecular formula is C12H20N4O3. The van der Waals surface area contributed by atoms with Crippen LogP contribution < -0.4 is 10.6 Å². The lowest BCUT2D eigenvalue weighted by Crippen LogP contribution is -2.18. The third kappa shape index (κ3) is 5.09. The second-order valence-corrected chi connectivity index (χ2v) is 4.21. The Morgan fingerprint density at radius 3 is 2.74 bits per heavy atom. The third-order valence-corrected chi connectivity index (χ3v) is 2.53. The number of nitrogens with zero attached hydrogens (tertiary/aromatic N) is 2. The minimum atomic E-state index is -0.423. The quantitative estimate of drug-likeness (QED) is 0.555. The first-order valence-corrected chi connectivity index (χ1v) is 6.22. The number of rotatable bonds is 8. The summed E-state index contributed by atoms with van der Waals surface area (Å²) in [5.41, 5.74) is 0.0207. The first-order chi connectivity index (χ1) is 9.06. The highest BCUT2D eigenvalue weighted by atomic mass is 16.6. The van der Waals surface area contributed by atoms with E-state index in [1.165, 1.54) is 12.1 Å². The minimum Gasteiger partial charge on any atom is -0.385 e. The summed E-state index contributed by atoms with van der Waals surface area (Å²) in [6.45, 7) is 5.18. The maximum absolute atomic E-state index is 10.9. The molecule has 1 aromatic rings. The first kappa shape index (κ1) is 15.2. The lowest BCUT2D eigenvalue weighted by molar-refractivity contribution is -0.384. The number of anilines is 2. The Labute approximate surface area is 112 Å². The summed E-state index contributed by atoms with van der Waals surface area (Å²) in [5.74, 6) is 0.992. The number of pyridine rings is 1. The van der Waals surface area contributed by atoms with E-state index in [-0.39, 0.29) is 11.7 Å². The largest absolute Gasteiger partial charge is 0.385 e. The van der Waals surface area contributed by atoms with Crippen LogP contribution in [-0.2, 0) is 4.74 Å². The lowest BCUT2D eigenvalue weighted by Gasteiger charge is -2.14. The molecule has 0 fully saturated rings. The smallest absolute Gasteiger partial charge is 0.276 e. The topological polar surface area (TPSA) is 89.3 Å². The Hall–Kier alpha value is -1.89. The zero-order valence-corrected chi connectivity index (χ0v) is 11.5. The predicted molar refractivity (Wildman–Crippen MR) is 74.6 cm³/mol. The average molecular weight is 268 g/mol. The number of ether oxygens (including phenoxy) is 1. The summed E-state index contributed by atoms with van der Waals surface area (Å²) in [6.07, 6.45) is 0.803. The highest BCUT2D eigenvalue weighted by Crippen LogP contribution is 2.21. The average Bonchev–Trinajstić information content (AvgIpc) is 2.36. The highest BCUT2D eigenvalue weighted by molar-refractivity contribution is 5.54. The Morgan fingerprint density at radius 1 is 1.47 bits per heavy atom. The van der Waals surface area contributed by atoms with E-state index in [1.54, 1.807) is 7.11 Å². The third-order valence-electron chi connectivity index (χ3n) is 2.53. The summed E-state index contributed by atoms with van der Waals surface area (Å²) in [6, 6.07) is 2.99. The van der Waals surface area contributed by atoms with Crippen molar-refractivity contribution in [3.8, 4) is 0 Å². The van der Waals surface area contributed by atoms with Gasteiger partial charge in [0.05, 0.1) is 17.1 Å². The van der Waals surface area contributed by atoms with Crippen LogP contribution in [0, 0.1) is 10.1 Å². The van der Waals surface area contributed by atoms with Crippen molar-refractivity contribution < 1.29 is 9.66 Å². The maximum atomic E-state index is 10.9. The van der Waals surface area contributed by atoms with E-state index in [4.69, 9.17) is 4.74 Å². The fourth-order valence-corrected chi connectivity index (χ4v) is 1.59. The van der Waals surface area contributed by atoms with E-state index in [9.17, 15) is 10.1 Å². The van der Waals surface area contributed by atoms with Crippen LogP contribution in [0.2, 0.25) is 0 Å². The standard InChI is InChI=1S/C12H20N4O3/c1-4-13-11-7-10(16(17)18)8-12(15-11)14-9(2)5-6-19-3/h7-9H,4-6H2,1-3H3,(H2,13,14,15). The first-order valence-electron chi connectivity index (χ1n) is 6.22. The van der Waals surface area contributed by atoms with Crippen molar-refractivity contribution in [3.63, 3.8) is 0 Å². The lowest BCUT2D eigenvalue weighted by atomic mass is 10.2. The van der Waals surface area contributed by atoms with Crippen LogP contribution in [0.3, 0.4) is 0 Å². The van der Waals surface area contributed by atoms with E-state index in [1.807, 2.05) is 13.8 Å². The molecule has 0 radical (unpaired) electrons. The van der Waals surface area contributed by atoms with Crippen molar-refractivity contribution in [2.75, 3.05) is 30.9 Å². The van der Waals surface area contributed by atoms with E-state index < -0.39 is 4.92 Å². The van der Waals surface area contributed by atoms with E-state index in [0.29, 0.717) is 24.8 Å². The van der Waals surface area contributed by atoms with Gasteiger partial charge in [0, 0.05) is 26.3 Å². The van der Waals surface area contributed by atoms with Crippen LogP contribution in [0.4, 0.5) is 17.3 Å². The molecule has 0 aliphatic rings. The number of nitrogens with one attached hydrogen (secondary N) is 2. The van der Waals surface area contributed by atoms with Crippen molar-refractivity contribution >= 4 is 17.3 Å². The van der Waals surface area contributed by atoms with Crippen LogP contribution in [-0.4, -0.2) is 36.2 Å². The number of methoxy groups -OCH3 is 1. The van der Waals surface area contributed by atoms with Gasteiger partial charge in [0.25, 0.3) is 5.69 Å². The zero-order chi connectivity index (χ0) is 14.3. The van der Waals surface area contributed by atoms with Crippen LogP contribution in [0.25, 0.3) is 0 Å². The van der Waals surface area contributed by atoms with Crippen LogP contribution in [0.5, 0.6) is 0 Å². The molecule has 1 heterocycles. The van der Waals surface area contributed by atoms with Gasteiger partial charge in [-0.1, -0.05) is 0 Å². The Balaban J connectivity index is 2.83. The normalized spacial score (nSPS) is 11.9. The van der Waals surface area contributed by atoms with Gasteiger partial charge < -0.3 is 15.4 Å². The molecule has 0 spiro atoms. The summed E-state index contributed by atoms with van der Waals surface area (Å²) in [4.78, 5) is 14.7. The second-order valence-electron chi connectivity index (χ2n) is 4.21. The number of aromatic nitrogens is 1. The van der Waals surface area contributed by atoms with Crippen molar-refractivity contribution in [3.05, 3.63) is 22.2 Å². The van der Waals surface area contributed by atoms with Gasteiger partial charge in [-0.25, -0.2) is 4.98 Å². The molecule has 0 aliphatic carbocycles. The van der Waals surface area contributed by atoms with Gasteiger partial charge >= 0.3 is 0 Å². The molecule has 1 aromatic heterocycles. The fraction of sp³-hybridized carbons (Fsp3) is 0.583. The van der Waals surface area contributed by atoms with Gasteiger partial charge in [-0.3, -0.25) is 10.1 Å². The molecule has 0 bridgehead atoms. The molecular weight excluding hydrogens is 248 g/mol. The summed E-state index contributed by atoms with van der Waals surface area (Å²) < 4.78 is 4.99. The van der Waals surface area contributed by atoms with Crippen LogP contribution in [0.1, 0.15) is 20.3 Å². The minimum absolute atomic E-state index is 0.0207. The molecule has 0 saturated heterocycles. The SMILES string of the molecule is CCNc1cc([N+](=O)[O-])cc(NC(C)CCOC)n1. The van der Waals surface area contributed by atoms with Crippen molar-refractivity contribution in [2.24, 2.45) is 0 Å². The second kappa shape index (κ2) is 7.52. The van der Waals surface area contributed by atoms with Gasteiger partial charge in [0.15, 0.2) is 0 Å². The Bertz CT molecular complexity index is 425. The van der Waals surface area contributed by atoms with Crippen molar-refractivity contribution in [2.45, 2.75) is 26.3 Å². The molecule has 0 saturated carbocycles. The van der Waals surface area contributed by atoms with E-state index >= 15 is 0 Å². The van der Waals surface area contributed by atoms with Gasteiger partial charge in [-0.15, -0.1) is 0 Å². The van der Waals surface area contributed by atoms with Crippen LogP contribution >= 0.6 is 0 Å². The molecule has 7 nitrogen and oxygen atoms in total. The monoisotopic (exact) mass is 268 g/mol. The van der Waals surface area contributed by atoms with Crippen molar-refractivity contribution in [1.82, 2.24) is 4.98 Å². The van der Waals surface area contributed by atoms with E-state index in [2.05, 4.69) is 15.6 Å². The molecule has 1 unspecified atom stereocenters. The van der Waals surface area contributed by atoms with Gasteiger partial charge in [0.2, 0.25) is 0 Å². The summed E-state index contributed by atoms with van der Waals surface area (Å²) >= 11 is 0. The molecule has 19 heavy (non-hydrogen) atoms. The van der Waals surface area contributed by atoms with Gasteiger partial charge in [-0.05, 0) is 20.3 Å². The number of nitro groups is 1. The van der Waals surface area contributed by atoms with Gasteiger partial charge in [-0.2, -0.15) is 0 Å². The maximum Gasteiger partial charge on any atom is 0.276 e. The fourth-order valence-electron chi connectivity index (χ4n) is 1.59. The van der Waals surface area contributed by atoms with Gasteiger partial charge in [0.1, 0.15) is 11.6 Å². The molecule has 0 amide bonds. The number of hydrogen-bond donors (Lipinski definition) is 2. The molecule has 106 valence electrons. The highest BCUT2D eigenvalue weighted by Gasteiger charge is 2.12. The molecule has 1 atom stereocenters. The predicted octanol–water partition coefficient (Wildman–Crippen LogP) is 2.26. The molecule has 0 aliphatic heterocycles. The Morgan fingerprint density at radius 2 is 2.16 bits per heavy atom. The molecule has 0 aromatic carbocycles. The molecule has 7 heteroatoms. The molecule has 1 rings (SSSR count). The van der Waals surface area contributed by atoms with E-state index in [0.717, 1.165) is 6.42 Å². The van der Waals surface area contributed by atoms with Crippen LogP contribution in [0.15, 0.2) is 12.1 Å². The molecule has 2 N–H and O–H groups in total. The summed E-state index contributed by atoms with van der Waals surface area (Å²) in [5, 5.41) is 17.0.